The van der Waals surface area contributed by atoms with Crippen molar-refractivity contribution < 1.29 is 58.4 Å². The zero-order valence-electron chi connectivity index (χ0n) is 37.4. The normalized spacial score (nSPS) is 16.2. The molecule has 4 N–H and O–H groups in total. The number of amides is 1. The number of benzene rings is 5. The maximum Gasteiger partial charge on any atom is 0.501 e. The zero-order valence-corrected chi connectivity index (χ0v) is 42.3. The van der Waals surface area contributed by atoms with E-state index in [0.29, 0.717) is 99.7 Å². The van der Waals surface area contributed by atoms with Crippen LogP contribution in [0.2, 0.25) is 5.02 Å². The number of nitrogens with zero attached hydrogens (tertiary/aromatic N) is 2. The highest BCUT2D eigenvalue weighted by atomic mass is 35.5. The molecule has 70 heavy (non-hydrogen) atoms. The Kier molecular flexibility index (Phi) is 18.9. The van der Waals surface area contributed by atoms with Crippen LogP contribution in [-0.2, 0) is 33.7 Å². The average molecular weight is 1090 g/mol. The first-order valence-corrected chi connectivity index (χ1v) is 27.8. The second-order valence-corrected chi connectivity index (χ2v) is 23.0. The molecule has 2 atom stereocenters. The van der Waals surface area contributed by atoms with Gasteiger partial charge < -0.3 is 24.7 Å². The van der Waals surface area contributed by atoms with Crippen molar-refractivity contribution in [2.45, 2.75) is 58.0 Å². The molecule has 2 aliphatic heterocycles. The molecule has 378 valence electrons. The van der Waals surface area contributed by atoms with Gasteiger partial charge in [-0.05, 0) is 115 Å². The Balaban J connectivity index is 0.00000804. The first-order valence-electron chi connectivity index (χ1n) is 22.0. The SMILES string of the molecule is Cl.O=C(NS(=O)(=O)c1ccc(N[C@H](CCN2CCOCC2)CSc2ccccc2)c(S(=O)(=O)C(F)(F)F)c1)c1ccc(N2CCC(C[C@@H](OP(=O)(O)O)c3ccccc3-c3ccc(Cl)cc3)CC2)cc1. The number of piperidine rings is 1. The van der Waals surface area contributed by atoms with Gasteiger partial charge in [0, 0.05) is 65.7 Å². The number of carbonyl (C=O) groups is 1. The summed E-state index contributed by atoms with van der Waals surface area (Å²) in [5.74, 6) is -0.742. The molecule has 2 heterocycles. The fourth-order valence-corrected chi connectivity index (χ4v) is 12.0. The third-order valence-corrected chi connectivity index (χ3v) is 16.7. The number of carbonyl (C=O) groups excluding carboxylic acids is 1. The van der Waals surface area contributed by atoms with Crippen molar-refractivity contribution in [3.05, 3.63) is 137 Å². The summed E-state index contributed by atoms with van der Waals surface area (Å²) < 4.78 is 121. The number of alkyl halides is 3. The minimum Gasteiger partial charge on any atom is -0.380 e. The molecular formula is C47H52Cl2F3N4O10PS3. The number of phosphoric ester groups is 1. The third kappa shape index (κ3) is 14.7. The van der Waals surface area contributed by atoms with Crippen LogP contribution in [0.4, 0.5) is 24.5 Å². The van der Waals surface area contributed by atoms with E-state index in [2.05, 4.69) is 10.2 Å². The van der Waals surface area contributed by atoms with E-state index in [1.165, 1.54) is 23.9 Å². The summed E-state index contributed by atoms with van der Waals surface area (Å²) in [7, 11) is -15.9. The van der Waals surface area contributed by atoms with Crippen molar-refractivity contribution >= 4 is 80.7 Å². The van der Waals surface area contributed by atoms with Crippen molar-refractivity contribution in [1.82, 2.24) is 9.62 Å². The lowest BCUT2D eigenvalue weighted by Gasteiger charge is -2.35. The number of phosphoric acid groups is 1. The quantitative estimate of drug-likeness (QED) is 0.0451. The number of sulfonamides is 1. The maximum absolute atomic E-state index is 14.2. The van der Waals surface area contributed by atoms with Crippen LogP contribution in [0, 0.1) is 5.92 Å². The molecule has 14 nitrogen and oxygen atoms in total. The molecule has 0 bridgehead atoms. The fraction of sp³-hybridized carbons (Fsp3) is 0.340. The van der Waals surface area contributed by atoms with E-state index < -0.39 is 66.7 Å². The Labute approximate surface area is 420 Å². The van der Waals surface area contributed by atoms with Gasteiger partial charge in [-0.15, -0.1) is 24.2 Å². The van der Waals surface area contributed by atoms with E-state index in [1.807, 2.05) is 64.2 Å². The van der Waals surface area contributed by atoms with Crippen molar-refractivity contribution in [3.63, 3.8) is 0 Å². The molecule has 0 aromatic heterocycles. The number of sulfone groups is 1. The Morgan fingerprint density at radius 1 is 0.871 bits per heavy atom. The van der Waals surface area contributed by atoms with Gasteiger partial charge >= 0.3 is 13.3 Å². The molecule has 1 amide bonds. The van der Waals surface area contributed by atoms with E-state index in [0.717, 1.165) is 28.2 Å². The average Bonchev–Trinajstić information content (AvgIpc) is 3.32. The first kappa shape index (κ1) is 55.1. The molecule has 0 radical (unpaired) electrons. The number of nitrogens with one attached hydrogen (secondary N) is 2. The molecule has 0 spiro atoms. The number of hydrogen-bond acceptors (Lipinski definition) is 12. The molecule has 7 rings (SSSR count). The summed E-state index contributed by atoms with van der Waals surface area (Å²) in [6, 6.07) is 31.4. The molecule has 0 saturated carbocycles. The number of halogens is 5. The number of ether oxygens (including phenoxy) is 1. The second-order valence-electron chi connectivity index (χ2n) is 16.6. The predicted octanol–water partition coefficient (Wildman–Crippen LogP) is 9.59. The lowest BCUT2D eigenvalue weighted by Crippen LogP contribution is -2.39. The number of rotatable bonds is 19. The van der Waals surface area contributed by atoms with Crippen molar-refractivity contribution in [3.8, 4) is 11.1 Å². The summed E-state index contributed by atoms with van der Waals surface area (Å²) in [4.78, 5) is 36.0. The Morgan fingerprint density at radius 2 is 1.51 bits per heavy atom. The van der Waals surface area contributed by atoms with Crippen molar-refractivity contribution in [1.29, 1.82) is 0 Å². The summed E-state index contributed by atoms with van der Waals surface area (Å²) in [6.07, 6.45) is 1.08. The highest BCUT2D eigenvalue weighted by Crippen LogP contribution is 2.47. The van der Waals surface area contributed by atoms with Crippen LogP contribution in [0.25, 0.3) is 11.1 Å². The molecule has 5 aromatic rings. The summed E-state index contributed by atoms with van der Waals surface area (Å²) >= 11 is 7.53. The van der Waals surface area contributed by atoms with Gasteiger partial charge in [0.15, 0.2) is 0 Å². The number of hydrogen-bond donors (Lipinski definition) is 4. The standard InChI is InChI=1S/C47H51ClF3N4O10PS3.ClH/c48-36-14-10-34(11-15-36)41-8-4-5-9-42(41)44(65-66(57,58)59)30-33-20-24-55(25-21-33)38-16-12-35(13-17-38)46(56)53-69(62,63)40-18-19-43(45(31-40)68(60,61)47(49,50)51)52-37(22-23-54-26-28-64-29-27-54)32-67-39-6-2-1-3-7-39;/h1-19,31,33,37,44,52H,20-30,32H2,(H,53,56)(H2,57,58,59);1H/t37-,44-;/m1./s1. The van der Waals surface area contributed by atoms with Crippen LogP contribution in [0.1, 0.15) is 47.7 Å². The van der Waals surface area contributed by atoms with Crippen LogP contribution in [-0.4, -0.2) is 101 Å². The highest BCUT2D eigenvalue weighted by Gasteiger charge is 2.48. The summed E-state index contributed by atoms with van der Waals surface area (Å²) in [6.45, 7) is 3.99. The minimum atomic E-state index is -6.10. The third-order valence-electron chi connectivity index (χ3n) is 11.9. The van der Waals surface area contributed by atoms with E-state index in [4.69, 9.17) is 20.9 Å². The molecule has 2 saturated heterocycles. The molecule has 5 aromatic carbocycles. The van der Waals surface area contributed by atoms with Crippen LogP contribution in [0.15, 0.2) is 136 Å². The summed E-state index contributed by atoms with van der Waals surface area (Å²) in [5, 5.41) is 3.51. The highest BCUT2D eigenvalue weighted by molar-refractivity contribution is 7.99. The minimum absolute atomic E-state index is 0. The lowest BCUT2D eigenvalue weighted by molar-refractivity contribution is -0.0436. The van der Waals surface area contributed by atoms with E-state index in [9.17, 15) is 49.2 Å². The van der Waals surface area contributed by atoms with Crippen molar-refractivity contribution in [2.75, 3.05) is 61.9 Å². The Bertz CT molecular complexity index is 2820. The van der Waals surface area contributed by atoms with Crippen LogP contribution < -0.4 is 14.9 Å². The summed E-state index contributed by atoms with van der Waals surface area (Å²) in [5.41, 5.74) is -3.42. The Morgan fingerprint density at radius 3 is 2.16 bits per heavy atom. The van der Waals surface area contributed by atoms with Gasteiger partial charge in [0.05, 0.1) is 29.9 Å². The fourth-order valence-electron chi connectivity index (χ4n) is 8.29. The van der Waals surface area contributed by atoms with Gasteiger partial charge in [0.25, 0.3) is 25.8 Å². The number of thioether (sulfide) groups is 1. The van der Waals surface area contributed by atoms with E-state index in [-0.39, 0.29) is 23.9 Å². The molecule has 2 aliphatic rings. The number of morpholine rings is 1. The van der Waals surface area contributed by atoms with Gasteiger partial charge in [-0.1, -0.05) is 66.2 Å². The van der Waals surface area contributed by atoms with Gasteiger partial charge in [-0.3, -0.25) is 14.2 Å². The van der Waals surface area contributed by atoms with Crippen LogP contribution in [0.3, 0.4) is 0 Å². The topological polar surface area (TPSA) is 192 Å². The number of anilines is 2. The maximum atomic E-state index is 14.2. The Hall–Kier alpha value is -4.18. The first-order chi connectivity index (χ1) is 32.8. The van der Waals surface area contributed by atoms with Gasteiger partial charge in [-0.2, -0.15) is 13.2 Å². The van der Waals surface area contributed by atoms with E-state index >= 15 is 0 Å². The van der Waals surface area contributed by atoms with E-state index in [1.54, 1.807) is 36.4 Å². The second kappa shape index (κ2) is 24.0. The largest absolute Gasteiger partial charge is 0.501 e. The van der Waals surface area contributed by atoms with Crippen LogP contribution in [0.5, 0.6) is 0 Å². The van der Waals surface area contributed by atoms with Gasteiger partial charge in [0.1, 0.15) is 4.90 Å². The predicted molar refractivity (Wildman–Crippen MR) is 267 cm³/mol. The monoisotopic (exact) mass is 1090 g/mol. The van der Waals surface area contributed by atoms with Gasteiger partial charge in [-0.25, -0.2) is 26.1 Å². The van der Waals surface area contributed by atoms with Gasteiger partial charge in [0.2, 0.25) is 0 Å². The lowest BCUT2D eigenvalue weighted by atomic mass is 9.86. The molecular weight excluding hydrogens is 1040 g/mol. The molecule has 0 unspecified atom stereocenters. The molecule has 2 fully saturated rings. The smallest absolute Gasteiger partial charge is 0.380 e. The van der Waals surface area contributed by atoms with Crippen LogP contribution >= 0.6 is 43.6 Å². The van der Waals surface area contributed by atoms with Crippen molar-refractivity contribution in [2.24, 2.45) is 5.92 Å². The molecule has 0 aliphatic carbocycles. The zero-order chi connectivity index (χ0) is 49.4. The molecule has 23 heteroatoms.